The van der Waals surface area contributed by atoms with Gasteiger partial charge in [-0.1, -0.05) is 12.1 Å². The lowest BCUT2D eigenvalue weighted by Crippen LogP contribution is -2.36. The third-order valence-electron chi connectivity index (χ3n) is 3.37. The van der Waals surface area contributed by atoms with Gasteiger partial charge in [0.05, 0.1) is 0 Å². The Morgan fingerprint density at radius 1 is 1.15 bits per heavy atom. The van der Waals surface area contributed by atoms with E-state index in [1.165, 1.54) is 17.7 Å². The van der Waals surface area contributed by atoms with Crippen LogP contribution in [-0.2, 0) is 6.54 Å². The lowest BCUT2D eigenvalue weighted by atomic mass is 9.99. The summed E-state index contributed by atoms with van der Waals surface area (Å²) in [4.78, 5) is 6.19. The third kappa shape index (κ3) is 3.62. The molecule has 106 valence electrons. The predicted molar refractivity (Wildman–Crippen MR) is 78.5 cm³/mol. The van der Waals surface area contributed by atoms with Crippen LogP contribution in [0.15, 0.2) is 48.8 Å². The first kappa shape index (κ1) is 14.6. The fourth-order valence-corrected chi connectivity index (χ4v) is 2.49. The van der Waals surface area contributed by atoms with Crippen molar-refractivity contribution in [2.75, 3.05) is 7.05 Å². The molecule has 4 heteroatoms. The lowest BCUT2D eigenvalue weighted by molar-refractivity contribution is 0.211. The second kappa shape index (κ2) is 6.59. The quantitative estimate of drug-likeness (QED) is 0.911. The molecule has 0 fully saturated rings. The van der Waals surface area contributed by atoms with Gasteiger partial charge >= 0.3 is 0 Å². The van der Waals surface area contributed by atoms with Crippen molar-refractivity contribution in [2.45, 2.75) is 25.6 Å². The fourth-order valence-electron chi connectivity index (χ4n) is 2.49. The maximum atomic E-state index is 13.0. The molecule has 1 aromatic heterocycles. The van der Waals surface area contributed by atoms with Gasteiger partial charge in [0.15, 0.2) is 0 Å². The third-order valence-corrected chi connectivity index (χ3v) is 3.37. The van der Waals surface area contributed by atoms with Crippen molar-refractivity contribution in [1.29, 1.82) is 0 Å². The highest BCUT2D eigenvalue weighted by atomic mass is 19.1. The number of aromatic nitrogens is 1. The first-order valence-electron chi connectivity index (χ1n) is 6.68. The Morgan fingerprint density at radius 2 is 1.75 bits per heavy atom. The number of rotatable bonds is 5. The van der Waals surface area contributed by atoms with Gasteiger partial charge in [-0.2, -0.15) is 0 Å². The number of hydrogen-bond acceptors (Lipinski definition) is 3. The zero-order chi connectivity index (χ0) is 14.5. The summed E-state index contributed by atoms with van der Waals surface area (Å²) in [7, 11) is 2.03. The molecular weight excluding hydrogens is 253 g/mol. The average molecular weight is 273 g/mol. The molecule has 0 aliphatic carbocycles. The van der Waals surface area contributed by atoms with Crippen molar-refractivity contribution in [3.8, 4) is 0 Å². The van der Waals surface area contributed by atoms with Gasteiger partial charge in [0.2, 0.25) is 0 Å². The van der Waals surface area contributed by atoms with Crippen LogP contribution in [0.2, 0.25) is 0 Å². The van der Waals surface area contributed by atoms with Crippen molar-refractivity contribution < 1.29 is 4.39 Å². The van der Waals surface area contributed by atoms with Crippen LogP contribution in [0.4, 0.5) is 4.39 Å². The Hall–Kier alpha value is -1.78. The molecule has 3 nitrogen and oxygen atoms in total. The Labute approximate surface area is 119 Å². The molecule has 0 saturated heterocycles. The van der Waals surface area contributed by atoms with E-state index in [-0.39, 0.29) is 17.9 Å². The standard InChI is InChI=1S/C16H20FN3/c1-12(18)16(14-3-5-15(17)6-4-14)20(2)11-13-7-9-19-10-8-13/h3-10,12,16H,11,18H2,1-2H3. The van der Waals surface area contributed by atoms with Gasteiger partial charge in [-0.15, -0.1) is 0 Å². The summed E-state index contributed by atoms with van der Waals surface area (Å²) in [6.45, 7) is 2.74. The molecule has 2 aromatic rings. The van der Waals surface area contributed by atoms with Gasteiger partial charge in [0.25, 0.3) is 0 Å². The Balaban J connectivity index is 2.18. The van der Waals surface area contributed by atoms with Crippen molar-refractivity contribution in [3.05, 3.63) is 65.7 Å². The smallest absolute Gasteiger partial charge is 0.123 e. The highest BCUT2D eigenvalue weighted by molar-refractivity contribution is 5.22. The Morgan fingerprint density at radius 3 is 2.30 bits per heavy atom. The van der Waals surface area contributed by atoms with E-state index in [1.54, 1.807) is 24.5 Å². The van der Waals surface area contributed by atoms with E-state index in [0.29, 0.717) is 0 Å². The van der Waals surface area contributed by atoms with E-state index in [1.807, 2.05) is 26.1 Å². The predicted octanol–water partition coefficient (Wildman–Crippen LogP) is 2.74. The zero-order valence-electron chi connectivity index (χ0n) is 11.8. The maximum Gasteiger partial charge on any atom is 0.123 e. The van der Waals surface area contributed by atoms with Gasteiger partial charge in [0.1, 0.15) is 5.82 Å². The SMILES string of the molecule is CC(N)C(c1ccc(F)cc1)N(C)Cc1ccncc1. The fraction of sp³-hybridized carbons (Fsp3) is 0.312. The van der Waals surface area contributed by atoms with Crippen molar-refractivity contribution in [3.63, 3.8) is 0 Å². The summed E-state index contributed by atoms with van der Waals surface area (Å²) in [6.07, 6.45) is 3.56. The Kier molecular flexibility index (Phi) is 4.82. The van der Waals surface area contributed by atoms with Crippen LogP contribution in [0.25, 0.3) is 0 Å². The number of pyridine rings is 1. The summed E-state index contributed by atoms with van der Waals surface area (Å²) in [5.74, 6) is -0.228. The number of benzene rings is 1. The molecule has 1 heterocycles. The summed E-state index contributed by atoms with van der Waals surface area (Å²) < 4.78 is 13.0. The molecule has 1 aromatic carbocycles. The molecule has 20 heavy (non-hydrogen) atoms. The molecule has 0 spiro atoms. The number of hydrogen-bond donors (Lipinski definition) is 1. The van der Waals surface area contributed by atoms with Crippen LogP contribution in [0.3, 0.4) is 0 Å². The van der Waals surface area contributed by atoms with Crippen molar-refractivity contribution in [2.24, 2.45) is 5.73 Å². The van der Waals surface area contributed by atoms with Crippen LogP contribution in [0, 0.1) is 5.82 Å². The Bertz CT molecular complexity index is 525. The average Bonchev–Trinajstić information content (AvgIpc) is 2.42. The summed E-state index contributed by atoms with van der Waals surface area (Å²) in [5.41, 5.74) is 8.32. The van der Waals surface area contributed by atoms with Crippen LogP contribution in [0.5, 0.6) is 0 Å². The van der Waals surface area contributed by atoms with Gasteiger partial charge in [-0.25, -0.2) is 4.39 Å². The highest BCUT2D eigenvalue weighted by Crippen LogP contribution is 2.24. The molecule has 0 amide bonds. The first-order chi connectivity index (χ1) is 9.58. The largest absolute Gasteiger partial charge is 0.326 e. The van der Waals surface area contributed by atoms with E-state index in [9.17, 15) is 4.39 Å². The lowest BCUT2D eigenvalue weighted by Gasteiger charge is -2.31. The monoisotopic (exact) mass is 273 g/mol. The molecule has 0 radical (unpaired) electrons. The van der Waals surface area contributed by atoms with E-state index in [4.69, 9.17) is 5.73 Å². The summed E-state index contributed by atoms with van der Waals surface area (Å²) in [6, 6.07) is 10.5. The normalized spacial score (nSPS) is 14.2. The van der Waals surface area contributed by atoms with Gasteiger partial charge in [-0.3, -0.25) is 9.88 Å². The maximum absolute atomic E-state index is 13.0. The summed E-state index contributed by atoms with van der Waals surface area (Å²) in [5, 5.41) is 0. The first-order valence-corrected chi connectivity index (χ1v) is 6.68. The van der Waals surface area contributed by atoms with Crippen molar-refractivity contribution >= 4 is 0 Å². The number of likely N-dealkylation sites (N-methyl/N-ethyl adjacent to an activating group) is 1. The molecular formula is C16H20FN3. The molecule has 0 aliphatic heterocycles. The second-order valence-corrected chi connectivity index (χ2v) is 5.13. The minimum atomic E-state index is -0.228. The number of nitrogens with zero attached hydrogens (tertiary/aromatic N) is 2. The van der Waals surface area contributed by atoms with Crippen LogP contribution < -0.4 is 5.73 Å². The minimum absolute atomic E-state index is 0.0452. The molecule has 0 saturated carbocycles. The zero-order valence-corrected chi connectivity index (χ0v) is 11.8. The van der Waals surface area contributed by atoms with Gasteiger partial charge in [0, 0.05) is 31.0 Å². The van der Waals surface area contributed by atoms with E-state index in [2.05, 4.69) is 9.88 Å². The molecule has 2 unspecified atom stereocenters. The van der Waals surface area contributed by atoms with E-state index >= 15 is 0 Å². The molecule has 2 N–H and O–H groups in total. The van der Waals surface area contributed by atoms with Crippen molar-refractivity contribution in [1.82, 2.24) is 9.88 Å². The topological polar surface area (TPSA) is 42.1 Å². The summed E-state index contributed by atoms with van der Waals surface area (Å²) >= 11 is 0. The molecule has 0 aliphatic rings. The second-order valence-electron chi connectivity index (χ2n) is 5.13. The molecule has 2 rings (SSSR count). The number of halogens is 1. The van der Waals surface area contributed by atoms with Crippen LogP contribution in [-0.4, -0.2) is 23.0 Å². The van der Waals surface area contributed by atoms with E-state index < -0.39 is 0 Å². The van der Waals surface area contributed by atoms with Crippen LogP contribution >= 0.6 is 0 Å². The van der Waals surface area contributed by atoms with Crippen LogP contribution in [0.1, 0.15) is 24.1 Å². The number of nitrogens with two attached hydrogens (primary N) is 1. The van der Waals surface area contributed by atoms with Gasteiger partial charge < -0.3 is 5.73 Å². The minimum Gasteiger partial charge on any atom is -0.326 e. The molecule has 2 atom stereocenters. The molecule has 0 bridgehead atoms. The highest BCUT2D eigenvalue weighted by Gasteiger charge is 2.21. The van der Waals surface area contributed by atoms with E-state index in [0.717, 1.165) is 12.1 Å². The van der Waals surface area contributed by atoms with Gasteiger partial charge in [-0.05, 0) is 49.4 Å².